The first-order valence-corrected chi connectivity index (χ1v) is 15.5. The van der Waals surface area contributed by atoms with Crippen LogP contribution in [-0.4, -0.2) is 53.6 Å². The quantitative estimate of drug-likeness (QED) is 0.311. The number of carbonyl (C=O) groups excluding carboxylic acids is 2. The van der Waals surface area contributed by atoms with Crippen LogP contribution in [0.25, 0.3) is 0 Å². The minimum absolute atomic E-state index is 0.190. The van der Waals surface area contributed by atoms with E-state index >= 15 is 0 Å². The molecular weight excluding hydrogens is 525 g/mol. The molecule has 1 fully saturated rings. The topological polar surface area (TPSA) is 74.8 Å². The number of amides is 2. The minimum Gasteiger partial charge on any atom is -0.328 e. The predicted molar refractivity (Wildman–Crippen MR) is 147 cm³/mol. The normalized spacial score (nSPS) is 18.4. The van der Waals surface area contributed by atoms with Crippen LogP contribution in [0.1, 0.15) is 30.5 Å². The zero-order valence-electron chi connectivity index (χ0n) is 20.0. The summed E-state index contributed by atoms with van der Waals surface area (Å²) in [5, 5.41) is 3.66. The molecule has 3 heterocycles. The van der Waals surface area contributed by atoms with Gasteiger partial charge in [0.25, 0.3) is 11.8 Å². The van der Waals surface area contributed by atoms with E-state index in [1.54, 1.807) is 21.9 Å². The number of hydrogen-bond acceptors (Lipinski definition) is 6. The second kappa shape index (κ2) is 11.0. The number of hydrogen-bond donors (Lipinski definition) is 0. The molecule has 1 aliphatic heterocycles. The van der Waals surface area contributed by atoms with Gasteiger partial charge in [0.2, 0.25) is 0 Å². The highest BCUT2D eigenvalue weighted by molar-refractivity contribution is 7.91. The van der Waals surface area contributed by atoms with Gasteiger partial charge in [-0.3, -0.25) is 9.59 Å². The molecule has 190 valence electrons. The summed E-state index contributed by atoms with van der Waals surface area (Å²) in [6.07, 6.45) is 0. The standard InChI is InChI=1S/C28H26N2O4S3/c31-27(25-13-7-15-35-25)29(17-21-9-3-1-4-10-21)23-19-37(33,34)20-24(23)30(18-22-11-5-2-6-12-22)28(32)26-14-8-16-36-26/h1-16,23-24H,17-20H2. The van der Waals surface area contributed by atoms with Crippen LogP contribution in [0.4, 0.5) is 0 Å². The fourth-order valence-corrected chi connectivity index (χ4v) is 8.07. The average molecular weight is 551 g/mol. The van der Waals surface area contributed by atoms with E-state index in [2.05, 4.69) is 0 Å². The molecule has 2 atom stereocenters. The second-order valence-corrected chi connectivity index (χ2v) is 13.1. The summed E-state index contributed by atoms with van der Waals surface area (Å²) in [5.41, 5.74) is 1.80. The van der Waals surface area contributed by atoms with E-state index in [-0.39, 0.29) is 36.4 Å². The van der Waals surface area contributed by atoms with Gasteiger partial charge >= 0.3 is 0 Å². The molecule has 9 heteroatoms. The van der Waals surface area contributed by atoms with Crippen molar-refractivity contribution in [3.05, 3.63) is 117 Å². The van der Waals surface area contributed by atoms with Crippen LogP contribution in [0.3, 0.4) is 0 Å². The third-order valence-electron chi connectivity index (χ3n) is 6.47. The summed E-state index contributed by atoms with van der Waals surface area (Å²) in [6, 6.07) is 24.8. The van der Waals surface area contributed by atoms with E-state index in [1.165, 1.54) is 22.7 Å². The number of thiophene rings is 2. The van der Waals surface area contributed by atoms with Crippen molar-refractivity contribution in [3.8, 4) is 0 Å². The lowest BCUT2D eigenvalue weighted by atomic mass is 10.0. The molecule has 4 aromatic rings. The smallest absolute Gasteiger partial charge is 0.264 e. The van der Waals surface area contributed by atoms with Crippen LogP contribution in [-0.2, 0) is 22.9 Å². The maximum atomic E-state index is 13.8. The molecule has 2 aromatic heterocycles. The van der Waals surface area contributed by atoms with E-state index < -0.39 is 21.9 Å². The molecular formula is C28H26N2O4S3. The first-order valence-electron chi connectivity index (χ1n) is 11.9. The summed E-state index contributed by atoms with van der Waals surface area (Å²) in [6.45, 7) is 0.501. The molecule has 6 nitrogen and oxygen atoms in total. The lowest BCUT2D eigenvalue weighted by Crippen LogP contribution is -2.54. The SMILES string of the molecule is O=C(c1cccs1)N(Cc1ccccc1)C1CS(=O)(=O)CC1N(Cc1ccccc1)C(=O)c1cccs1. The van der Waals surface area contributed by atoms with Gasteiger partial charge in [0, 0.05) is 13.1 Å². The van der Waals surface area contributed by atoms with E-state index in [0.717, 1.165) is 11.1 Å². The summed E-state index contributed by atoms with van der Waals surface area (Å²) in [4.78, 5) is 31.9. The Morgan fingerprint density at radius 1 is 0.649 bits per heavy atom. The zero-order valence-corrected chi connectivity index (χ0v) is 22.4. The first kappa shape index (κ1) is 25.4. The molecule has 2 amide bonds. The highest BCUT2D eigenvalue weighted by Crippen LogP contribution is 2.30. The monoisotopic (exact) mass is 550 g/mol. The maximum absolute atomic E-state index is 13.8. The molecule has 2 unspecified atom stereocenters. The van der Waals surface area contributed by atoms with Crippen LogP contribution in [0.5, 0.6) is 0 Å². The number of nitrogens with zero attached hydrogens (tertiary/aromatic N) is 2. The Kier molecular flexibility index (Phi) is 7.55. The highest BCUT2D eigenvalue weighted by atomic mass is 32.2. The van der Waals surface area contributed by atoms with Crippen LogP contribution < -0.4 is 0 Å². The van der Waals surface area contributed by atoms with Crippen LogP contribution in [0, 0.1) is 0 Å². The molecule has 0 N–H and O–H groups in total. The number of carbonyl (C=O) groups is 2. The molecule has 0 radical (unpaired) electrons. The number of rotatable bonds is 8. The van der Waals surface area contributed by atoms with Crippen molar-refractivity contribution in [3.63, 3.8) is 0 Å². The van der Waals surface area contributed by atoms with Crippen LogP contribution in [0.2, 0.25) is 0 Å². The Morgan fingerprint density at radius 2 is 1.05 bits per heavy atom. The fourth-order valence-electron chi connectivity index (χ4n) is 4.73. The van der Waals surface area contributed by atoms with Crippen molar-refractivity contribution in [1.29, 1.82) is 0 Å². The van der Waals surface area contributed by atoms with Gasteiger partial charge in [-0.05, 0) is 34.0 Å². The van der Waals surface area contributed by atoms with Crippen LogP contribution >= 0.6 is 22.7 Å². The molecule has 37 heavy (non-hydrogen) atoms. The molecule has 0 spiro atoms. The third kappa shape index (κ3) is 5.84. The Balaban J connectivity index is 1.57. The van der Waals surface area contributed by atoms with Gasteiger partial charge in [-0.1, -0.05) is 72.8 Å². The summed E-state index contributed by atoms with van der Waals surface area (Å²) >= 11 is 2.65. The maximum Gasteiger partial charge on any atom is 0.264 e. The number of sulfone groups is 1. The van der Waals surface area contributed by atoms with Gasteiger partial charge in [0.1, 0.15) is 0 Å². The molecule has 2 aromatic carbocycles. The minimum atomic E-state index is -3.50. The Morgan fingerprint density at radius 3 is 1.41 bits per heavy atom. The molecule has 5 rings (SSSR count). The van der Waals surface area contributed by atoms with E-state index in [0.29, 0.717) is 9.75 Å². The van der Waals surface area contributed by atoms with E-state index in [9.17, 15) is 18.0 Å². The van der Waals surface area contributed by atoms with E-state index in [1.807, 2.05) is 83.6 Å². The van der Waals surface area contributed by atoms with Crippen LogP contribution in [0.15, 0.2) is 95.7 Å². The lowest BCUT2D eigenvalue weighted by Gasteiger charge is -2.38. The van der Waals surface area contributed by atoms with Gasteiger partial charge < -0.3 is 9.80 Å². The van der Waals surface area contributed by atoms with Gasteiger partial charge in [-0.15, -0.1) is 22.7 Å². The van der Waals surface area contributed by atoms with Crippen molar-refractivity contribution in [1.82, 2.24) is 9.80 Å². The summed E-state index contributed by atoms with van der Waals surface area (Å²) < 4.78 is 26.2. The van der Waals surface area contributed by atoms with Gasteiger partial charge in [-0.25, -0.2) is 8.42 Å². The Labute approximate surface area is 224 Å². The Bertz CT molecular complexity index is 1330. The number of benzene rings is 2. The molecule has 1 saturated heterocycles. The zero-order chi connectivity index (χ0) is 25.8. The molecule has 0 aliphatic carbocycles. The Hall–Kier alpha value is -3.27. The van der Waals surface area contributed by atoms with Gasteiger partial charge in [0.05, 0.1) is 33.3 Å². The van der Waals surface area contributed by atoms with Gasteiger partial charge in [-0.2, -0.15) is 0 Å². The van der Waals surface area contributed by atoms with E-state index in [4.69, 9.17) is 0 Å². The highest BCUT2D eigenvalue weighted by Gasteiger charge is 2.47. The fraction of sp³-hybridized carbons (Fsp3) is 0.214. The third-order valence-corrected chi connectivity index (χ3v) is 9.89. The summed E-state index contributed by atoms with van der Waals surface area (Å²) in [5.74, 6) is -0.835. The van der Waals surface area contributed by atoms with Crippen molar-refractivity contribution in [2.75, 3.05) is 11.5 Å². The molecule has 0 saturated carbocycles. The van der Waals surface area contributed by atoms with Crippen molar-refractivity contribution < 1.29 is 18.0 Å². The largest absolute Gasteiger partial charge is 0.328 e. The average Bonchev–Trinajstić information content (AvgIpc) is 3.68. The van der Waals surface area contributed by atoms with Crippen molar-refractivity contribution >= 4 is 44.3 Å². The van der Waals surface area contributed by atoms with Crippen molar-refractivity contribution in [2.24, 2.45) is 0 Å². The molecule has 1 aliphatic rings. The first-order chi connectivity index (χ1) is 17.9. The lowest BCUT2D eigenvalue weighted by molar-refractivity contribution is 0.0463. The van der Waals surface area contributed by atoms with Crippen molar-refractivity contribution in [2.45, 2.75) is 25.2 Å². The predicted octanol–water partition coefficient (Wildman–Crippen LogP) is 4.96. The van der Waals surface area contributed by atoms with Gasteiger partial charge in [0.15, 0.2) is 9.84 Å². The second-order valence-electron chi connectivity index (χ2n) is 9.00. The molecule has 0 bridgehead atoms. The summed E-state index contributed by atoms with van der Waals surface area (Å²) in [7, 11) is -3.50.